The lowest BCUT2D eigenvalue weighted by molar-refractivity contribution is -0.130. The number of anilines is 1. The number of aliphatic hydroxyl groups is 1. The van der Waals surface area contributed by atoms with E-state index in [1.807, 2.05) is 0 Å². The highest BCUT2D eigenvalue weighted by molar-refractivity contribution is 9.11. The zero-order valence-electron chi connectivity index (χ0n) is 11.8. The third-order valence-corrected chi connectivity index (χ3v) is 3.94. The predicted octanol–water partition coefficient (Wildman–Crippen LogP) is 2.87. The first kappa shape index (κ1) is 15.8. The van der Waals surface area contributed by atoms with Crippen LogP contribution >= 0.6 is 15.9 Å². The van der Waals surface area contributed by atoms with Gasteiger partial charge in [-0.05, 0) is 28.7 Å². The Morgan fingerprint density at radius 2 is 2.14 bits per heavy atom. The van der Waals surface area contributed by atoms with Crippen LogP contribution in [0.15, 0.2) is 48.0 Å². The van der Waals surface area contributed by atoms with E-state index in [4.69, 9.17) is 4.74 Å². The second kappa shape index (κ2) is 6.45. The molecule has 0 saturated carbocycles. The van der Waals surface area contributed by atoms with Gasteiger partial charge in [0.25, 0.3) is 0 Å². The van der Waals surface area contributed by atoms with E-state index in [2.05, 4.69) is 29.1 Å². The molecule has 1 aromatic carbocycles. The molecule has 0 spiro atoms. The van der Waals surface area contributed by atoms with Gasteiger partial charge in [0, 0.05) is 12.1 Å². The third-order valence-electron chi connectivity index (χ3n) is 3.62. The number of aliphatic hydroxyl groups excluding tert-OH is 1. The van der Waals surface area contributed by atoms with Crippen LogP contribution < -0.4 is 9.64 Å². The molecule has 21 heavy (non-hydrogen) atoms. The summed E-state index contributed by atoms with van der Waals surface area (Å²) in [6.07, 6.45) is 1.28. The summed E-state index contributed by atoms with van der Waals surface area (Å²) >= 11 is 3.25. The Kier molecular flexibility index (Phi) is 4.85. The molecule has 0 unspecified atom stereocenters. The number of rotatable bonds is 6. The zero-order valence-corrected chi connectivity index (χ0v) is 13.4. The maximum absolute atomic E-state index is 12.2. The molecule has 1 aliphatic rings. The fraction of sp³-hybridized carbons (Fsp3) is 0.312. The Balaban J connectivity index is 2.24. The Morgan fingerprint density at radius 1 is 1.52 bits per heavy atom. The highest BCUT2D eigenvalue weighted by Gasteiger charge is 2.49. The van der Waals surface area contributed by atoms with Crippen molar-refractivity contribution in [1.29, 1.82) is 0 Å². The molecule has 0 radical (unpaired) electrons. The standard InChI is InChI=1S/C16H18BrNO3/c1-4-13-15(14(19)9-10(2)17)18(16(13)20)11-5-7-12(21-3)8-6-11/h4-8,13-15,19H,1-2,9H2,3H3/t13-,14+,15-/m1/s1. The minimum absolute atomic E-state index is 0.0561. The van der Waals surface area contributed by atoms with Crippen molar-refractivity contribution in [3.63, 3.8) is 0 Å². The van der Waals surface area contributed by atoms with Crippen LogP contribution in [0.5, 0.6) is 5.75 Å². The first-order valence-electron chi connectivity index (χ1n) is 6.60. The van der Waals surface area contributed by atoms with Crippen molar-refractivity contribution >= 4 is 27.5 Å². The normalized spacial score (nSPS) is 22.4. The summed E-state index contributed by atoms with van der Waals surface area (Å²) in [5.74, 6) is 0.297. The summed E-state index contributed by atoms with van der Waals surface area (Å²) in [7, 11) is 1.59. The highest BCUT2D eigenvalue weighted by Crippen LogP contribution is 2.37. The van der Waals surface area contributed by atoms with Crippen molar-refractivity contribution in [3.8, 4) is 5.75 Å². The molecule has 1 aliphatic heterocycles. The Labute approximate surface area is 132 Å². The topological polar surface area (TPSA) is 49.8 Å². The lowest BCUT2D eigenvalue weighted by atomic mass is 9.82. The predicted molar refractivity (Wildman–Crippen MR) is 86.6 cm³/mol. The van der Waals surface area contributed by atoms with Crippen LogP contribution in [0, 0.1) is 5.92 Å². The maximum Gasteiger partial charge on any atom is 0.236 e. The van der Waals surface area contributed by atoms with E-state index in [0.717, 1.165) is 11.4 Å². The van der Waals surface area contributed by atoms with E-state index < -0.39 is 6.10 Å². The number of carbonyl (C=O) groups excluding carboxylic acids is 1. The quantitative estimate of drug-likeness (QED) is 0.633. The largest absolute Gasteiger partial charge is 0.497 e. The van der Waals surface area contributed by atoms with Gasteiger partial charge in [-0.2, -0.15) is 0 Å². The first-order chi connectivity index (χ1) is 9.99. The fourth-order valence-electron chi connectivity index (χ4n) is 2.57. The highest BCUT2D eigenvalue weighted by atomic mass is 79.9. The number of amides is 1. The number of carbonyl (C=O) groups is 1. The van der Waals surface area contributed by atoms with E-state index in [0.29, 0.717) is 10.9 Å². The third kappa shape index (κ3) is 3.04. The average Bonchev–Trinajstić information content (AvgIpc) is 2.45. The van der Waals surface area contributed by atoms with Crippen molar-refractivity contribution in [2.24, 2.45) is 5.92 Å². The van der Waals surface area contributed by atoms with Crippen molar-refractivity contribution in [3.05, 3.63) is 48.0 Å². The summed E-state index contributed by atoms with van der Waals surface area (Å²) in [6, 6.07) is 6.86. The number of methoxy groups -OCH3 is 1. The zero-order chi connectivity index (χ0) is 15.6. The van der Waals surface area contributed by atoms with Crippen molar-refractivity contribution < 1.29 is 14.6 Å². The SMILES string of the molecule is C=C[C@H]1C(=O)N(c2ccc(OC)cc2)[C@H]1[C@@H](O)CC(=C)Br. The van der Waals surface area contributed by atoms with Gasteiger partial charge in [-0.15, -0.1) is 6.58 Å². The molecular formula is C16H18BrNO3. The fourth-order valence-corrected chi connectivity index (χ4v) is 2.91. The van der Waals surface area contributed by atoms with E-state index in [9.17, 15) is 9.90 Å². The summed E-state index contributed by atoms with van der Waals surface area (Å²) in [5.41, 5.74) is 0.739. The van der Waals surface area contributed by atoms with Crippen LogP contribution in [-0.2, 0) is 4.79 Å². The minimum atomic E-state index is -0.695. The number of hydrogen-bond acceptors (Lipinski definition) is 3. The number of halogens is 1. The summed E-state index contributed by atoms with van der Waals surface area (Å²) < 4.78 is 5.81. The van der Waals surface area contributed by atoms with Gasteiger partial charge in [-0.25, -0.2) is 0 Å². The van der Waals surface area contributed by atoms with Crippen LogP contribution in [0.25, 0.3) is 0 Å². The van der Waals surface area contributed by atoms with Crippen LogP contribution in [0.1, 0.15) is 6.42 Å². The van der Waals surface area contributed by atoms with Crippen molar-refractivity contribution in [2.45, 2.75) is 18.6 Å². The molecule has 0 aliphatic carbocycles. The Morgan fingerprint density at radius 3 is 2.62 bits per heavy atom. The van der Waals surface area contributed by atoms with E-state index in [1.165, 1.54) is 0 Å². The van der Waals surface area contributed by atoms with Crippen LogP contribution in [0.4, 0.5) is 5.69 Å². The van der Waals surface area contributed by atoms with Gasteiger partial charge in [-0.1, -0.05) is 28.6 Å². The molecule has 4 nitrogen and oxygen atoms in total. The van der Waals surface area contributed by atoms with E-state index in [1.54, 1.807) is 42.4 Å². The molecule has 0 aromatic heterocycles. The summed E-state index contributed by atoms with van der Waals surface area (Å²) in [5, 5.41) is 10.3. The van der Waals surface area contributed by atoms with Gasteiger partial charge >= 0.3 is 0 Å². The van der Waals surface area contributed by atoms with Gasteiger partial charge in [0.2, 0.25) is 5.91 Å². The second-order valence-electron chi connectivity index (χ2n) is 4.95. The minimum Gasteiger partial charge on any atom is -0.497 e. The number of benzene rings is 1. The molecule has 112 valence electrons. The monoisotopic (exact) mass is 351 g/mol. The Bertz CT molecular complexity index is 555. The van der Waals surface area contributed by atoms with Crippen molar-refractivity contribution in [2.75, 3.05) is 12.0 Å². The van der Waals surface area contributed by atoms with Gasteiger partial charge < -0.3 is 14.7 Å². The van der Waals surface area contributed by atoms with Crippen molar-refractivity contribution in [1.82, 2.24) is 0 Å². The van der Waals surface area contributed by atoms with Gasteiger partial charge in [0.15, 0.2) is 0 Å². The van der Waals surface area contributed by atoms with E-state index in [-0.39, 0.29) is 17.9 Å². The van der Waals surface area contributed by atoms with Crippen LogP contribution in [-0.4, -0.2) is 30.3 Å². The molecule has 1 fully saturated rings. The van der Waals surface area contributed by atoms with Crippen LogP contribution in [0.3, 0.4) is 0 Å². The van der Waals surface area contributed by atoms with E-state index >= 15 is 0 Å². The van der Waals surface area contributed by atoms with Gasteiger partial charge in [0.1, 0.15) is 5.75 Å². The lowest BCUT2D eigenvalue weighted by Gasteiger charge is -2.48. The number of hydrogen-bond donors (Lipinski definition) is 1. The molecule has 5 heteroatoms. The number of ether oxygens (including phenoxy) is 1. The number of β-lactam (4-membered cyclic amide) rings is 1. The molecule has 2 rings (SSSR count). The lowest BCUT2D eigenvalue weighted by Crippen LogP contribution is -2.65. The van der Waals surface area contributed by atoms with Crippen LogP contribution in [0.2, 0.25) is 0 Å². The molecule has 1 heterocycles. The molecule has 1 amide bonds. The van der Waals surface area contributed by atoms with Gasteiger partial charge in [0.05, 0.1) is 25.2 Å². The Hall–Kier alpha value is -1.59. The molecular weight excluding hydrogens is 334 g/mol. The summed E-state index contributed by atoms with van der Waals surface area (Å²) in [4.78, 5) is 13.8. The van der Waals surface area contributed by atoms with Gasteiger partial charge in [-0.3, -0.25) is 4.79 Å². The smallest absolute Gasteiger partial charge is 0.236 e. The second-order valence-corrected chi connectivity index (χ2v) is 6.07. The summed E-state index contributed by atoms with van der Waals surface area (Å²) in [6.45, 7) is 7.42. The molecule has 3 atom stereocenters. The average molecular weight is 352 g/mol. The molecule has 0 bridgehead atoms. The number of nitrogens with zero attached hydrogens (tertiary/aromatic N) is 1. The molecule has 1 saturated heterocycles. The molecule has 1 aromatic rings. The molecule has 1 N–H and O–H groups in total. The first-order valence-corrected chi connectivity index (χ1v) is 7.40. The maximum atomic E-state index is 12.2.